The first-order valence-corrected chi connectivity index (χ1v) is 5.06. The molecule has 0 aliphatic rings. The average Bonchev–Trinajstić information content (AvgIpc) is 2.59. The van der Waals surface area contributed by atoms with Gasteiger partial charge in [-0.2, -0.15) is 0 Å². The number of aromatic amines is 1. The van der Waals surface area contributed by atoms with E-state index in [0.29, 0.717) is 12.5 Å². The predicted molar refractivity (Wildman–Crippen MR) is 60.8 cm³/mol. The largest absolute Gasteiger partial charge is 0.361 e. The fourth-order valence-corrected chi connectivity index (χ4v) is 1.83. The molecule has 74 valence electrons. The molecule has 3 heteroatoms. The molecular formula is C11H13ClN2. The van der Waals surface area contributed by atoms with Gasteiger partial charge in [0.2, 0.25) is 0 Å². The molecule has 3 N–H and O–H groups in total. The molecule has 14 heavy (non-hydrogen) atoms. The SMILES string of the molecule is CC(CN)c1c[nH]c2cc(Cl)ccc12. The Morgan fingerprint density at radius 1 is 1.50 bits per heavy atom. The highest BCUT2D eigenvalue weighted by Crippen LogP contribution is 2.26. The van der Waals surface area contributed by atoms with Gasteiger partial charge in [-0.25, -0.2) is 0 Å². The van der Waals surface area contributed by atoms with Crippen molar-refractivity contribution in [2.45, 2.75) is 12.8 Å². The quantitative estimate of drug-likeness (QED) is 0.783. The number of rotatable bonds is 2. The average molecular weight is 209 g/mol. The fraction of sp³-hybridized carbons (Fsp3) is 0.273. The highest BCUT2D eigenvalue weighted by Gasteiger charge is 2.09. The van der Waals surface area contributed by atoms with Gasteiger partial charge in [0.15, 0.2) is 0 Å². The molecule has 0 amide bonds. The van der Waals surface area contributed by atoms with E-state index in [1.165, 1.54) is 10.9 Å². The third-order valence-electron chi connectivity index (χ3n) is 2.56. The van der Waals surface area contributed by atoms with Crippen molar-refractivity contribution in [3.63, 3.8) is 0 Å². The van der Waals surface area contributed by atoms with Crippen LogP contribution in [0.1, 0.15) is 18.4 Å². The van der Waals surface area contributed by atoms with Crippen LogP contribution in [0, 0.1) is 0 Å². The van der Waals surface area contributed by atoms with Crippen LogP contribution >= 0.6 is 11.6 Å². The number of hydrogen-bond acceptors (Lipinski definition) is 1. The van der Waals surface area contributed by atoms with E-state index < -0.39 is 0 Å². The number of hydrogen-bond donors (Lipinski definition) is 2. The van der Waals surface area contributed by atoms with Gasteiger partial charge >= 0.3 is 0 Å². The molecule has 0 fully saturated rings. The molecule has 0 radical (unpaired) electrons. The number of nitrogens with one attached hydrogen (secondary N) is 1. The van der Waals surface area contributed by atoms with Crippen molar-refractivity contribution in [3.8, 4) is 0 Å². The van der Waals surface area contributed by atoms with E-state index in [2.05, 4.69) is 11.9 Å². The van der Waals surface area contributed by atoms with Crippen LogP contribution in [0.4, 0.5) is 0 Å². The Balaban J connectivity index is 2.58. The van der Waals surface area contributed by atoms with E-state index in [-0.39, 0.29) is 0 Å². The van der Waals surface area contributed by atoms with E-state index in [4.69, 9.17) is 17.3 Å². The molecule has 2 aromatic rings. The van der Waals surface area contributed by atoms with Crippen LogP contribution in [0.15, 0.2) is 24.4 Å². The maximum atomic E-state index is 5.90. The van der Waals surface area contributed by atoms with Crippen LogP contribution in [0.3, 0.4) is 0 Å². The summed E-state index contributed by atoms with van der Waals surface area (Å²) >= 11 is 5.90. The monoisotopic (exact) mass is 208 g/mol. The van der Waals surface area contributed by atoms with Crippen molar-refractivity contribution in [1.82, 2.24) is 4.98 Å². The standard InChI is InChI=1S/C11H13ClN2/c1-7(5-13)10-6-14-11-4-8(12)2-3-9(10)11/h2-4,6-7,14H,5,13H2,1H3. The van der Waals surface area contributed by atoms with Gasteiger partial charge in [0.1, 0.15) is 0 Å². The van der Waals surface area contributed by atoms with Gasteiger partial charge in [-0.05, 0) is 30.2 Å². The molecule has 0 saturated carbocycles. The minimum atomic E-state index is 0.380. The van der Waals surface area contributed by atoms with Gasteiger partial charge in [-0.3, -0.25) is 0 Å². The first-order chi connectivity index (χ1) is 6.72. The van der Waals surface area contributed by atoms with Crippen molar-refractivity contribution in [2.75, 3.05) is 6.54 Å². The second-order valence-electron chi connectivity index (χ2n) is 3.57. The third-order valence-corrected chi connectivity index (χ3v) is 2.80. The summed E-state index contributed by atoms with van der Waals surface area (Å²) in [6.45, 7) is 2.78. The van der Waals surface area contributed by atoms with Crippen LogP contribution in [0.5, 0.6) is 0 Å². The molecular weight excluding hydrogens is 196 g/mol. The Bertz CT molecular complexity index is 447. The summed E-state index contributed by atoms with van der Waals surface area (Å²) in [5.41, 5.74) is 7.98. The molecule has 1 unspecified atom stereocenters. The maximum Gasteiger partial charge on any atom is 0.0471 e. The van der Waals surface area contributed by atoms with Gasteiger partial charge in [0.05, 0.1) is 0 Å². The second kappa shape index (κ2) is 3.64. The Hall–Kier alpha value is -0.990. The fourth-order valence-electron chi connectivity index (χ4n) is 1.66. The maximum absolute atomic E-state index is 5.90. The number of benzene rings is 1. The molecule has 2 rings (SSSR count). The highest BCUT2D eigenvalue weighted by atomic mass is 35.5. The normalized spacial score (nSPS) is 13.4. The Morgan fingerprint density at radius 2 is 2.29 bits per heavy atom. The zero-order chi connectivity index (χ0) is 10.1. The van der Waals surface area contributed by atoms with Crippen molar-refractivity contribution in [2.24, 2.45) is 5.73 Å². The first kappa shape index (κ1) is 9.56. The van der Waals surface area contributed by atoms with Crippen LogP contribution in [-0.4, -0.2) is 11.5 Å². The van der Waals surface area contributed by atoms with Crippen LogP contribution < -0.4 is 5.73 Å². The molecule has 0 bridgehead atoms. The third kappa shape index (κ3) is 1.51. The zero-order valence-corrected chi connectivity index (χ0v) is 8.81. The van der Waals surface area contributed by atoms with E-state index in [1.54, 1.807) is 0 Å². The van der Waals surface area contributed by atoms with E-state index in [9.17, 15) is 0 Å². The minimum absolute atomic E-state index is 0.380. The Morgan fingerprint density at radius 3 is 3.00 bits per heavy atom. The molecule has 0 aliphatic heterocycles. The van der Waals surface area contributed by atoms with Gasteiger partial charge in [0, 0.05) is 22.1 Å². The minimum Gasteiger partial charge on any atom is -0.361 e. The summed E-state index contributed by atoms with van der Waals surface area (Å²) in [4.78, 5) is 3.20. The van der Waals surface area contributed by atoms with Crippen molar-refractivity contribution >= 4 is 22.5 Å². The van der Waals surface area contributed by atoms with Crippen molar-refractivity contribution in [3.05, 3.63) is 35.0 Å². The second-order valence-corrected chi connectivity index (χ2v) is 4.01. The van der Waals surface area contributed by atoms with E-state index >= 15 is 0 Å². The molecule has 1 aromatic carbocycles. The lowest BCUT2D eigenvalue weighted by Gasteiger charge is -2.06. The Labute approximate surface area is 88.1 Å². The van der Waals surface area contributed by atoms with Crippen LogP contribution in [0.25, 0.3) is 10.9 Å². The lowest BCUT2D eigenvalue weighted by atomic mass is 10.0. The van der Waals surface area contributed by atoms with Gasteiger partial charge in [0.25, 0.3) is 0 Å². The molecule has 2 nitrogen and oxygen atoms in total. The van der Waals surface area contributed by atoms with Gasteiger partial charge in [-0.1, -0.05) is 24.6 Å². The number of H-pyrrole nitrogens is 1. The summed E-state index contributed by atoms with van der Waals surface area (Å²) in [6.07, 6.45) is 2.01. The van der Waals surface area contributed by atoms with Crippen molar-refractivity contribution in [1.29, 1.82) is 0 Å². The van der Waals surface area contributed by atoms with Gasteiger partial charge in [-0.15, -0.1) is 0 Å². The molecule has 1 atom stereocenters. The summed E-state index contributed by atoms with van der Waals surface area (Å²) in [7, 11) is 0. The lowest BCUT2D eigenvalue weighted by Crippen LogP contribution is -2.08. The first-order valence-electron chi connectivity index (χ1n) is 4.69. The summed E-state index contributed by atoms with van der Waals surface area (Å²) in [5.74, 6) is 0.380. The summed E-state index contributed by atoms with van der Waals surface area (Å²) in [5, 5.41) is 1.97. The van der Waals surface area contributed by atoms with E-state index in [1.807, 2.05) is 24.4 Å². The molecule has 1 aromatic heterocycles. The van der Waals surface area contributed by atoms with Crippen molar-refractivity contribution < 1.29 is 0 Å². The topological polar surface area (TPSA) is 41.8 Å². The number of halogens is 1. The highest BCUT2D eigenvalue weighted by molar-refractivity contribution is 6.31. The summed E-state index contributed by atoms with van der Waals surface area (Å²) < 4.78 is 0. The van der Waals surface area contributed by atoms with Crippen LogP contribution in [-0.2, 0) is 0 Å². The van der Waals surface area contributed by atoms with E-state index in [0.717, 1.165) is 10.5 Å². The Kier molecular flexibility index (Phi) is 2.48. The molecule has 0 saturated heterocycles. The number of fused-ring (bicyclic) bond motifs is 1. The smallest absolute Gasteiger partial charge is 0.0471 e. The lowest BCUT2D eigenvalue weighted by molar-refractivity contribution is 0.780. The zero-order valence-electron chi connectivity index (χ0n) is 8.05. The molecule has 0 spiro atoms. The molecule has 0 aliphatic carbocycles. The van der Waals surface area contributed by atoms with Gasteiger partial charge < -0.3 is 10.7 Å². The summed E-state index contributed by atoms with van der Waals surface area (Å²) in [6, 6.07) is 5.88. The number of nitrogens with two attached hydrogens (primary N) is 1. The predicted octanol–water partition coefficient (Wildman–Crippen LogP) is 2.88. The van der Waals surface area contributed by atoms with Crippen LogP contribution in [0.2, 0.25) is 5.02 Å². The number of aromatic nitrogens is 1. The molecule has 1 heterocycles.